The lowest BCUT2D eigenvalue weighted by atomic mass is 10.2. The normalized spacial score (nSPS) is 29.5. The maximum atomic E-state index is 11.5. The van der Waals surface area contributed by atoms with E-state index in [4.69, 9.17) is 10.8 Å². The van der Waals surface area contributed by atoms with Crippen molar-refractivity contribution >= 4 is 17.6 Å². The van der Waals surface area contributed by atoms with Gasteiger partial charge in [-0.25, -0.2) is 4.79 Å². The average molecular weight is 243 g/mol. The maximum absolute atomic E-state index is 11.5. The summed E-state index contributed by atoms with van der Waals surface area (Å²) in [6, 6.07) is 1.54. The molecule has 1 fully saturated rings. The number of nitrogens with two attached hydrogens (primary N) is 1. The summed E-state index contributed by atoms with van der Waals surface area (Å²) in [5.41, 5.74) is 4.96. The van der Waals surface area contributed by atoms with Crippen molar-refractivity contribution in [3.8, 4) is 0 Å². The molecule has 16 heavy (non-hydrogen) atoms. The Morgan fingerprint density at radius 2 is 2.44 bits per heavy atom. The van der Waals surface area contributed by atoms with E-state index < -0.39 is 11.8 Å². The van der Waals surface area contributed by atoms with Gasteiger partial charge in [0.25, 0.3) is 0 Å². The smallest absolute Gasteiger partial charge is 0.350 e. The van der Waals surface area contributed by atoms with Crippen LogP contribution in [0.1, 0.15) is 11.8 Å². The fourth-order valence-corrected chi connectivity index (χ4v) is 3.08. The lowest BCUT2D eigenvalue weighted by Gasteiger charge is -2.12. The van der Waals surface area contributed by atoms with Crippen LogP contribution in [-0.4, -0.2) is 37.7 Å². The van der Waals surface area contributed by atoms with Gasteiger partial charge in [0.15, 0.2) is 0 Å². The SMILES string of the molecule is Nc1ccn([C@H]2C[C@@H](O)C(CO)S2)c(=O)n1. The van der Waals surface area contributed by atoms with Gasteiger partial charge in [0.2, 0.25) is 0 Å². The highest BCUT2D eigenvalue weighted by Crippen LogP contribution is 2.40. The molecule has 0 aliphatic carbocycles. The summed E-state index contributed by atoms with van der Waals surface area (Å²) >= 11 is 1.37. The van der Waals surface area contributed by atoms with E-state index in [0.717, 1.165) is 0 Å². The average Bonchev–Trinajstić information content (AvgIpc) is 2.59. The Morgan fingerprint density at radius 1 is 1.69 bits per heavy atom. The van der Waals surface area contributed by atoms with Gasteiger partial charge < -0.3 is 15.9 Å². The molecule has 3 atom stereocenters. The summed E-state index contributed by atoms with van der Waals surface area (Å²) in [7, 11) is 0. The first-order chi connectivity index (χ1) is 7.61. The second-order valence-electron chi connectivity index (χ2n) is 3.66. The number of aromatic nitrogens is 2. The number of hydrogen-bond acceptors (Lipinski definition) is 6. The van der Waals surface area contributed by atoms with Crippen LogP contribution in [0.15, 0.2) is 17.1 Å². The molecule has 1 aliphatic rings. The third-order valence-electron chi connectivity index (χ3n) is 2.55. The molecule has 2 heterocycles. The topological polar surface area (TPSA) is 101 Å². The van der Waals surface area contributed by atoms with E-state index in [1.807, 2.05) is 0 Å². The van der Waals surface area contributed by atoms with Gasteiger partial charge in [-0.2, -0.15) is 4.98 Å². The van der Waals surface area contributed by atoms with Gasteiger partial charge in [0.05, 0.1) is 23.3 Å². The number of nitrogens with zero attached hydrogens (tertiary/aromatic N) is 2. The van der Waals surface area contributed by atoms with Crippen LogP contribution in [0.2, 0.25) is 0 Å². The second kappa shape index (κ2) is 4.44. The van der Waals surface area contributed by atoms with Crippen LogP contribution in [0.3, 0.4) is 0 Å². The molecule has 7 heteroatoms. The van der Waals surface area contributed by atoms with Crippen LogP contribution < -0.4 is 11.4 Å². The molecule has 1 unspecified atom stereocenters. The van der Waals surface area contributed by atoms with Gasteiger partial charge in [-0.05, 0) is 6.07 Å². The lowest BCUT2D eigenvalue weighted by molar-refractivity contribution is 0.137. The van der Waals surface area contributed by atoms with Crippen molar-refractivity contribution in [2.45, 2.75) is 23.1 Å². The Morgan fingerprint density at radius 3 is 3.00 bits per heavy atom. The van der Waals surface area contributed by atoms with Crippen LogP contribution in [0, 0.1) is 0 Å². The highest BCUT2D eigenvalue weighted by molar-refractivity contribution is 8.00. The molecule has 0 bridgehead atoms. The van der Waals surface area contributed by atoms with Crippen LogP contribution in [0.5, 0.6) is 0 Å². The van der Waals surface area contributed by atoms with Gasteiger partial charge in [0, 0.05) is 12.6 Å². The first-order valence-corrected chi connectivity index (χ1v) is 5.85. The molecular weight excluding hydrogens is 230 g/mol. The number of thioether (sulfide) groups is 1. The summed E-state index contributed by atoms with van der Waals surface area (Å²) in [6.45, 7) is -0.0977. The molecule has 88 valence electrons. The number of rotatable bonds is 2. The van der Waals surface area contributed by atoms with Gasteiger partial charge in [-0.1, -0.05) is 0 Å². The van der Waals surface area contributed by atoms with Crippen molar-refractivity contribution < 1.29 is 10.2 Å². The molecule has 1 aromatic rings. The molecule has 4 N–H and O–H groups in total. The van der Waals surface area contributed by atoms with Gasteiger partial charge in [-0.15, -0.1) is 11.8 Å². The van der Waals surface area contributed by atoms with Gasteiger partial charge in [-0.3, -0.25) is 4.57 Å². The molecule has 0 radical (unpaired) electrons. The Labute approximate surface area is 96.1 Å². The van der Waals surface area contributed by atoms with Crippen molar-refractivity contribution in [3.05, 3.63) is 22.7 Å². The fourth-order valence-electron chi connectivity index (χ4n) is 1.70. The van der Waals surface area contributed by atoms with Crippen LogP contribution in [-0.2, 0) is 0 Å². The minimum absolute atomic E-state index is 0.0977. The van der Waals surface area contributed by atoms with Crippen molar-refractivity contribution in [2.24, 2.45) is 0 Å². The molecule has 0 amide bonds. The predicted molar refractivity (Wildman–Crippen MR) is 61.0 cm³/mol. The lowest BCUT2D eigenvalue weighted by Crippen LogP contribution is -2.25. The van der Waals surface area contributed by atoms with Crippen molar-refractivity contribution in [2.75, 3.05) is 12.3 Å². The van der Waals surface area contributed by atoms with Crippen LogP contribution in [0.25, 0.3) is 0 Å². The van der Waals surface area contributed by atoms with Crippen molar-refractivity contribution in [1.29, 1.82) is 0 Å². The number of aliphatic hydroxyl groups excluding tert-OH is 2. The summed E-state index contributed by atoms with van der Waals surface area (Å²) in [6.07, 6.45) is 1.40. The van der Waals surface area contributed by atoms with Gasteiger partial charge >= 0.3 is 5.69 Å². The van der Waals surface area contributed by atoms with Crippen LogP contribution >= 0.6 is 11.8 Å². The maximum Gasteiger partial charge on any atom is 0.350 e. The Hall–Kier alpha value is -1.05. The Balaban J connectivity index is 2.23. The predicted octanol–water partition coefficient (Wildman–Crippen LogP) is -0.817. The zero-order valence-corrected chi connectivity index (χ0v) is 9.30. The Bertz CT molecular complexity index is 436. The molecule has 1 saturated heterocycles. The quantitative estimate of drug-likeness (QED) is 0.627. The molecule has 2 rings (SSSR count). The van der Waals surface area contributed by atoms with E-state index >= 15 is 0 Å². The summed E-state index contributed by atoms with van der Waals surface area (Å²) in [5, 5.41) is 18.2. The minimum atomic E-state index is -0.593. The molecule has 6 nitrogen and oxygen atoms in total. The van der Waals surface area contributed by atoms with E-state index in [9.17, 15) is 9.90 Å². The first kappa shape index (κ1) is 11.4. The highest BCUT2D eigenvalue weighted by Gasteiger charge is 2.34. The Kier molecular flexibility index (Phi) is 3.17. The molecule has 1 aliphatic heterocycles. The van der Waals surface area contributed by atoms with Crippen LogP contribution in [0.4, 0.5) is 5.82 Å². The molecule has 0 aromatic carbocycles. The number of hydrogen-bond donors (Lipinski definition) is 3. The fraction of sp³-hybridized carbons (Fsp3) is 0.556. The number of aliphatic hydroxyl groups is 2. The molecule has 0 spiro atoms. The molecular formula is C9H13N3O3S. The van der Waals surface area contributed by atoms with Crippen molar-refractivity contribution in [1.82, 2.24) is 9.55 Å². The molecule has 1 aromatic heterocycles. The zero-order chi connectivity index (χ0) is 11.7. The third kappa shape index (κ3) is 2.06. The van der Waals surface area contributed by atoms with E-state index in [2.05, 4.69) is 4.98 Å². The summed E-state index contributed by atoms with van der Waals surface area (Å²) in [5.74, 6) is 0.184. The highest BCUT2D eigenvalue weighted by atomic mass is 32.2. The van der Waals surface area contributed by atoms with Gasteiger partial charge in [0.1, 0.15) is 5.82 Å². The zero-order valence-electron chi connectivity index (χ0n) is 8.48. The minimum Gasteiger partial charge on any atom is -0.395 e. The second-order valence-corrected chi connectivity index (χ2v) is 5.08. The molecule has 0 saturated carbocycles. The monoisotopic (exact) mass is 243 g/mol. The van der Waals surface area contributed by atoms with E-state index in [1.54, 1.807) is 12.3 Å². The van der Waals surface area contributed by atoms with E-state index in [0.29, 0.717) is 6.42 Å². The first-order valence-electron chi connectivity index (χ1n) is 4.91. The van der Waals surface area contributed by atoms with E-state index in [-0.39, 0.29) is 23.0 Å². The van der Waals surface area contributed by atoms with E-state index in [1.165, 1.54) is 16.3 Å². The number of anilines is 1. The van der Waals surface area contributed by atoms with Crippen molar-refractivity contribution in [3.63, 3.8) is 0 Å². The largest absolute Gasteiger partial charge is 0.395 e. The summed E-state index contributed by atoms with van der Waals surface area (Å²) in [4.78, 5) is 15.2. The third-order valence-corrected chi connectivity index (χ3v) is 4.09. The summed E-state index contributed by atoms with van der Waals surface area (Å²) < 4.78 is 1.43. The number of nitrogen functional groups attached to an aromatic ring is 1. The standard InChI is InChI=1S/C9H13N3O3S/c10-7-1-2-12(9(15)11-7)8-3-5(14)6(4-13)16-8/h1-2,5-6,8,13-14H,3-4H2,(H2,10,11,15)/t5-,6?,8-/m1/s1.